The SMILES string of the molecule is CC(C)Oc1ccc(CN=C(N)NCCc2ccccc2)cn1. The molecule has 1 heterocycles. The third kappa shape index (κ3) is 6.38. The van der Waals surface area contributed by atoms with Gasteiger partial charge in [-0.25, -0.2) is 9.98 Å². The van der Waals surface area contributed by atoms with Gasteiger partial charge in [0.2, 0.25) is 5.88 Å². The molecule has 0 atom stereocenters. The van der Waals surface area contributed by atoms with Crippen molar-refractivity contribution in [1.29, 1.82) is 0 Å². The van der Waals surface area contributed by atoms with Crippen molar-refractivity contribution >= 4 is 5.96 Å². The Morgan fingerprint density at radius 1 is 1.17 bits per heavy atom. The van der Waals surface area contributed by atoms with Crippen molar-refractivity contribution in [3.05, 3.63) is 59.8 Å². The van der Waals surface area contributed by atoms with Gasteiger partial charge in [-0.1, -0.05) is 36.4 Å². The van der Waals surface area contributed by atoms with Crippen LogP contribution in [0.1, 0.15) is 25.0 Å². The third-order valence-corrected chi connectivity index (χ3v) is 3.15. The van der Waals surface area contributed by atoms with Gasteiger partial charge in [-0.2, -0.15) is 0 Å². The first-order valence-electron chi connectivity index (χ1n) is 7.83. The molecule has 1 aromatic heterocycles. The molecule has 1 aromatic carbocycles. The molecule has 0 aliphatic heterocycles. The monoisotopic (exact) mass is 312 g/mol. The van der Waals surface area contributed by atoms with Gasteiger partial charge in [-0.15, -0.1) is 0 Å². The predicted octanol–water partition coefficient (Wildman–Crippen LogP) is 2.52. The van der Waals surface area contributed by atoms with Crippen LogP contribution in [-0.4, -0.2) is 23.6 Å². The lowest BCUT2D eigenvalue weighted by Crippen LogP contribution is -2.33. The summed E-state index contributed by atoms with van der Waals surface area (Å²) in [6, 6.07) is 14.1. The summed E-state index contributed by atoms with van der Waals surface area (Å²) in [4.78, 5) is 8.56. The third-order valence-electron chi connectivity index (χ3n) is 3.15. The van der Waals surface area contributed by atoms with Gasteiger partial charge in [0.25, 0.3) is 0 Å². The van der Waals surface area contributed by atoms with Crippen LogP contribution >= 0.6 is 0 Å². The zero-order valence-electron chi connectivity index (χ0n) is 13.7. The van der Waals surface area contributed by atoms with Gasteiger partial charge < -0.3 is 15.8 Å². The van der Waals surface area contributed by atoms with Gasteiger partial charge in [-0.3, -0.25) is 0 Å². The maximum atomic E-state index is 5.88. The summed E-state index contributed by atoms with van der Waals surface area (Å²) in [7, 11) is 0. The van der Waals surface area contributed by atoms with Crippen LogP contribution in [0, 0.1) is 0 Å². The number of hydrogen-bond donors (Lipinski definition) is 2. The number of nitrogens with one attached hydrogen (secondary N) is 1. The Morgan fingerprint density at radius 3 is 2.61 bits per heavy atom. The minimum atomic E-state index is 0.121. The zero-order valence-corrected chi connectivity index (χ0v) is 13.7. The molecule has 2 aromatic rings. The molecule has 5 heteroatoms. The Morgan fingerprint density at radius 2 is 1.96 bits per heavy atom. The molecule has 122 valence electrons. The first kappa shape index (κ1) is 16.8. The van der Waals surface area contributed by atoms with E-state index in [0.717, 1.165) is 18.5 Å². The largest absolute Gasteiger partial charge is 0.475 e. The van der Waals surface area contributed by atoms with E-state index in [0.29, 0.717) is 18.4 Å². The van der Waals surface area contributed by atoms with Crippen molar-refractivity contribution in [2.24, 2.45) is 10.7 Å². The minimum absolute atomic E-state index is 0.121. The summed E-state index contributed by atoms with van der Waals surface area (Å²) in [5.41, 5.74) is 8.15. The van der Waals surface area contributed by atoms with E-state index in [4.69, 9.17) is 10.5 Å². The number of hydrogen-bond acceptors (Lipinski definition) is 3. The molecular weight excluding hydrogens is 288 g/mol. The van der Waals surface area contributed by atoms with Crippen molar-refractivity contribution < 1.29 is 4.74 Å². The molecular formula is C18H24N4O. The maximum absolute atomic E-state index is 5.88. The van der Waals surface area contributed by atoms with E-state index in [1.807, 2.05) is 44.2 Å². The first-order chi connectivity index (χ1) is 11.1. The number of nitrogens with zero attached hydrogens (tertiary/aromatic N) is 2. The standard InChI is InChI=1S/C18H24N4O/c1-14(2)23-17-9-8-16(12-21-17)13-22-18(19)20-11-10-15-6-4-3-5-7-15/h3-9,12,14H,10-11,13H2,1-2H3,(H3,19,20,22). The van der Waals surface area contributed by atoms with Crippen molar-refractivity contribution in [1.82, 2.24) is 10.3 Å². The fourth-order valence-corrected chi connectivity index (χ4v) is 2.03. The summed E-state index contributed by atoms with van der Waals surface area (Å²) in [5, 5.41) is 3.12. The Labute approximate surface area is 137 Å². The molecule has 23 heavy (non-hydrogen) atoms. The number of aliphatic imine (C=N–C) groups is 1. The molecule has 0 amide bonds. The number of nitrogens with two attached hydrogens (primary N) is 1. The molecule has 0 saturated heterocycles. The first-order valence-corrected chi connectivity index (χ1v) is 7.83. The highest BCUT2D eigenvalue weighted by atomic mass is 16.5. The highest BCUT2D eigenvalue weighted by molar-refractivity contribution is 5.77. The molecule has 2 rings (SSSR count). The molecule has 0 spiro atoms. The Hall–Kier alpha value is -2.56. The van der Waals surface area contributed by atoms with Gasteiger partial charge in [0, 0.05) is 18.8 Å². The van der Waals surface area contributed by atoms with Gasteiger partial charge in [-0.05, 0) is 31.4 Å². The number of guanidine groups is 1. The fraction of sp³-hybridized carbons (Fsp3) is 0.333. The van der Waals surface area contributed by atoms with E-state index in [-0.39, 0.29) is 6.10 Å². The predicted molar refractivity (Wildman–Crippen MR) is 93.5 cm³/mol. The lowest BCUT2D eigenvalue weighted by molar-refractivity contribution is 0.232. The molecule has 0 aliphatic carbocycles. The quantitative estimate of drug-likeness (QED) is 0.608. The van der Waals surface area contributed by atoms with Crippen molar-refractivity contribution in [2.75, 3.05) is 6.54 Å². The fourth-order valence-electron chi connectivity index (χ4n) is 2.03. The van der Waals surface area contributed by atoms with E-state index in [1.165, 1.54) is 5.56 Å². The normalized spacial score (nSPS) is 11.5. The summed E-state index contributed by atoms with van der Waals surface area (Å²) in [6.45, 7) is 5.21. The lowest BCUT2D eigenvalue weighted by Gasteiger charge is -2.08. The van der Waals surface area contributed by atoms with Gasteiger partial charge in [0.1, 0.15) is 0 Å². The number of benzene rings is 1. The van der Waals surface area contributed by atoms with Crippen LogP contribution in [0.15, 0.2) is 53.7 Å². The number of rotatable bonds is 7. The lowest BCUT2D eigenvalue weighted by atomic mass is 10.1. The molecule has 0 saturated carbocycles. The summed E-state index contributed by atoms with van der Waals surface area (Å²) < 4.78 is 5.51. The molecule has 0 radical (unpaired) electrons. The highest BCUT2D eigenvalue weighted by Gasteiger charge is 2.00. The average molecular weight is 312 g/mol. The zero-order chi connectivity index (χ0) is 16.5. The van der Waals surface area contributed by atoms with Crippen LogP contribution in [-0.2, 0) is 13.0 Å². The van der Waals surface area contributed by atoms with E-state index in [2.05, 4.69) is 27.4 Å². The molecule has 0 fully saturated rings. The Bertz CT molecular complexity index is 609. The van der Waals surface area contributed by atoms with Crippen LogP contribution in [0.4, 0.5) is 0 Å². The van der Waals surface area contributed by atoms with Crippen LogP contribution in [0.3, 0.4) is 0 Å². The average Bonchev–Trinajstić information content (AvgIpc) is 2.55. The minimum Gasteiger partial charge on any atom is -0.475 e. The molecule has 0 aliphatic rings. The molecule has 0 bridgehead atoms. The van der Waals surface area contributed by atoms with Crippen LogP contribution in [0.25, 0.3) is 0 Å². The van der Waals surface area contributed by atoms with Gasteiger partial charge in [0.15, 0.2) is 5.96 Å². The van der Waals surface area contributed by atoms with Crippen LogP contribution in [0.2, 0.25) is 0 Å². The number of ether oxygens (including phenoxy) is 1. The van der Waals surface area contributed by atoms with Crippen LogP contribution in [0.5, 0.6) is 5.88 Å². The van der Waals surface area contributed by atoms with E-state index >= 15 is 0 Å². The van der Waals surface area contributed by atoms with E-state index in [9.17, 15) is 0 Å². The Balaban J connectivity index is 1.75. The van der Waals surface area contributed by atoms with E-state index in [1.54, 1.807) is 6.20 Å². The van der Waals surface area contributed by atoms with Crippen molar-refractivity contribution in [2.45, 2.75) is 32.9 Å². The summed E-state index contributed by atoms with van der Waals surface area (Å²) in [5.74, 6) is 1.07. The van der Waals surface area contributed by atoms with Crippen LogP contribution < -0.4 is 15.8 Å². The number of pyridine rings is 1. The maximum Gasteiger partial charge on any atom is 0.213 e. The van der Waals surface area contributed by atoms with Crippen molar-refractivity contribution in [3.63, 3.8) is 0 Å². The second-order valence-electron chi connectivity index (χ2n) is 5.54. The topological polar surface area (TPSA) is 72.5 Å². The van der Waals surface area contributed by atoms with Crippen molar-refractivity contribution in [3.8, 4) is 5.88 Å². The molecule has 0 unspecified atom stereocenters. The summed E-state index contributed by atoms with van der Waals surface area (Å²) >= 11 is 0. The smallest absolute Gasteiger partial charge is 0.213 e. The highest BCUT2D eigenvalue weighted by Crippen LogP contribution is 2.10. The second kappa shape index (κ2) is 8.78. The summed E-state index contributed by atoms with van der Waals surface area (Å²) in [6.07, 6.45) is 2.80. The Kier molecular flexibility index (Phi) is 6.41. The van der Waals surface area contributed by atoms with Gasteiger partial charge >= 0.3 is 0 Å². The number of aromatic nitrogens is 1. The van der Waals surface area contributed by atoms with Gasteiger partial charge in [0.05, 0.1) is 12.6 Å². The van der Waals surface area contributed by atoms with E-state index < -0.39 is 0 Å². The molecule has 5 nitrogen and oxygen atoms in total. The molecule has 3 N–H and O–H groups in total. The second-order valence-corrected chi connectivity index (χ2v) is 5.54.